The quantitative estimate of drug-likeness (QED) is 0.708. The van der Waals surface area contributed by atoms with E-state index in [1.54, 1.807) is 6.92 Å². The lowest BCUT2D eigenvalue weighted by Crippen LogP contribution is -2.10. The van der Waals surface area contributed by atoms with Crippen LogP contribution in [-0.4, -0.2) is 34.7 Å². The SMILES string of the molecule is CCCC1=C(C(=O)OCC)CC(C(=O)O)=C1C(=O)O. The molecule has 19 heavy (non-hydrogen) atoms. The number of hydrogen-bond acceptors (Lipinski definition) is 4. The van der Waals surface area contributed by atoms with Crippen LogP contribution >= 0.6 is 0 Å². The van der Waals surface area contributed by atoms with Crippen LogP contribution in [0.3, 0.4) is 0 Å². The van der Waals surface area contributed by atoms with Crippen LogP contribution in [0, 0.1) is 0 Å². The lowest BCUT2D eigenvalue weighted by atomic mass is 10.0. The van der Waals surface area contributed by atoms with Gasteiger partial charge in [0.2, 0.25) is 0 Å². The molecule has 0 fully saturated rings. The summed E-state index contributed by atoms with van der Waals surface area (Å²) < 4.78 is 4.85. The molecule has 104 valence electrons. The van der Waals surface area contributed by atoms with Gasteiger partial charge in [0.05, 0.1) is 17.8 Å². The minimum atomic E-state index is -1.32. The summed E-state index contributed by atoms with van der Waals surface area (Å²) in [6.07, 6.45) is 0.764. The van der Waals surface area contributed by atoms with Crippen molar-refractivity contribution in [1.82, 2.24) is 0 Å². The van der Waals surface area contributed by atoms with E-state index in [9.17, 15) is 14.4 Å². The molecule has 0 heterocycles. The van der Waals surface area contributed by atoms with Crippen LogP contribution in [-0.2, 0) is 19.1 Å². The van der Waals surface area contributed by atoms with Crippen LogP contribution in [0.4, 0.5) is 0 Å². The zero-order chi connectivity index (χ0) is 14.6. The summed E-state index contributed by atoms with van der Waals surface area (Å²) >= 11 is 0. The summed E-state index contributed by atoms with van der Waals surface area (Å²) in [5, 5.41) is 18.2. The highest BCUT2D eigenvalue weighted by Crippen LogP contribution is 2.36. The van der Waals surface area contributed by atoms with Crippen molar-refractivity contribution in [2.75, 3.05) is 6.61 Å². The number of carboxylic acid groups (broad SMARTS) is 2. The van der Waals surface area contributed by atoms with Gasteiger partial charge in [0, 0.05) is 12.0 Å². The maximum atomic E-state index is 11.8. The highest BCUT2D eigenvalue weighted by molar-refractivity contribution is 6.08. The van der Waals surface area contributed by atoms with Gasteiger partial charge in [-0.25, -0.2) is 14.4 Å². The summed E-state index contributed by atoms with van der Waals surface area (Å²) in [5.41, 5.74) is -0.0826. The molecule has 6 heteroatoms. The van der Waals surface area contributed by atoms with E-state index in [4.69, 9.17) is 14.9 Å². The maximum Gasteiger partial charge on any atom is 0.336 e. The van der Waals surface area contributed by atoms with Crippen LogP contribution < -0.4 is 0 Å². The molecule has 0 radical (unpaired) electrons. The summed E-state index contributed by atoms with van der Waals surface area (Å²) in [5.74, 6) is -3.27. The molecule has 0 saturated heterocycles. The van der Waals surface area contributed by atoms with E-state index in [0.29, 0.717) is 12.8 Å². The van der Waals surface area contributed by atoms with Crippen molar-refractivity contribution in [3.63, 3.8) is 0 Å². The van der Waals surface area contributed by atoms with Gasteiger partial charge in [0.15, 0.2) is 0 Å². The Morgan fingerprint density at radius 3 is 2.16 bits per heavy atom. The monoisotopic (exact) mass is 268 g/mol. The van der Waals surface area contributed by atoms with Gasteiger partial charge >= 0.3 is 17.9 Å². The molecule has 0 spiro atoms. The third-order valence-electron chi connectivity index (χ3n) is 2.82. The number of carbonyl (C=O) groups excluding carboxylic acids is 1. The highest BCUT2D eigenvalue weighted by atomic mass is 16.5. The van der Waals surface area contributed by atoms with Crippen LogP contribution in [0.1, 0.15) is 33.1 Å². The van der Waals surface area contributed by atoms with Crippen molar-refractivity contribution in [2.45, 2.75) is 33.1 Å². The predicted octanol–water partition coefficient (Wildman–Crippen LogP) is 1.52. The zero-order valence-electron chi connectivity index (χ0n) is 10.9. The average molecular weight is 268 g/mol. The molecule has 1 aliphatic rings. The first-order valence-electron chi connectivity index (χ1n) is 6.03. The van der Waals surface area contributed by atoms with E-state index in [0.717, 1.165) is 0 Å². The number of carboxylic acids is 2. The molecular formula is C13H16O6. The zero-order valence-corrected chi connectivity index (χ0v) is 10.9. The summed E-state index contributed by atoms with van der Waals surface area (Å²) in [7, 11) is 0. The first kappa shape index (κ1) is 14.9. The minimum absolute atomic E-state index is 0.151. The average Bonchev–Trinajstić information content (AvgIpc) is 2.69. The van der Waals surface area contributed by atoms with Crippen molar-refractivity contribution in [3.8, 4) is 0 Å². The Bertz CT molecular complexity index is 483. The van der Waals surface area contributed by atoms with Gasteiger partial charge in [0.25, 0.3) is 0 Å². The topological polar surface area (TPSA) is 101 Å². The molecule has 0 aromatic rings. The molecule has 0 aliphatic heterocycles. The Morgan fingerprint density at radius 2 is 1.74 bits per heavy atom. The minimum Gasteiger partial charge on any atom is -0.478 e. The molecule has 2 N–H and O–H groups in total. The first-order chi connectivity index (χ1) is 8.93. The number of ether oxygens (including phenoxy) is 1. The molecule has 0 bridgehead atoms. The van der Waals surface area contributed by atoms with E-state index in [1.165, 1.54) is 0 Å². The number of hydrogen-bond donors (Lipinski definition) is 2. The molecule has 0 unspecified atom stereocenters. The Kier molecular flexibility index (Phi) is 4.86. The Labute approximate surface area is 110 Å². The highest BCUT2D eigenvalue weighted by Gasteiger charge is 2.35. The molecule has 0 atom stereocenters. The van der Waals surface area contributed by atoms with Gasteiger partial charge in [0.1, 0.15) is 0 Å². The number of carbonyl (C=O) groups is 3. The molecular weight excluding hydrogens is 252 g/mol. The van der Waals surface area contributed by atoms with Crippen molar-refractivity contribution in [3.05, 3.63) is 22.3 Å². The molecule has 0 amide bonds. The second kappa shape index (κ2) is 6.17. The fourth-order valence-electron chi connectivity index (χ4n) is 2.09. The van der Waals surface area contributed by atoms with Gasteiger partial charge in [-0.05, 0) is 18.9 Å². The Hall–Kier alpha value is -2.11. The molecule has 0 saturated carbocycles. The fourth-order valence-corrected chi connectivity index (χ4v) is 2.09. The van der Waals surface area contributed by atoms with E-state index in [2.05, 4.69) is 0 Å². The van der Waals surface area contributed by atoms with Crippen molar-refractivity contribution in [1.29, 1.82) is 0 Å². The maximum absolute atomic E-state index is 11.8. The molecule has 6 nitrogen and oxygen atoms in total. The first-order valence-corrected chi connectivity index (χ1v) is 6.03. The molecule has 1 aliphatic carbocycles. The van der Waals surface area contributed by atoms with Crippen molar-refractivity contribution < 1.29 is 29.3 Å². The third-order valence-corrected chi connectivity index (χ3v) is 2.82. The summed E-state index contributed by atoms with van der Waals surface area (Å²) in [6, 6.07) is 0. The van der Waals surface area contributed by atoms with E-state index < -0.39 is 17.9 Å². The van der Waals surface area contributed by atoms with Gasteiger partial charge in [-0.15, -0.1) is 0 Å². The second-order valence-corrected chi connectivity index (χ2v) is 4.07. The van der Waals surface area contributed by atoms with Crippen molar-refractivity contribution >= 4 is 17.9 Å². The standard InChI is InChI=1S/C13H16O6/c1-3-5-7-8(13(18)19-4-2)6-9(11(14)15)10(7)12(16)17/h3-6H2,1-2H3,(H,14,15)(H,16,17). The van der Waals surface area contributed by atoms with E-state index in [-0.39, 0.29) is 35.3 Å². The Balaban J connectivity index is 3.28. The third kappa shape index (κ3) is 3.01. The number of rotatable bonds is 6. The summed E-state index contributed by atoms with van der Waals surface area (Å²) in [4.78, 5) is 34.1. The fraction of sp³-hybridized carbons (Fsp3) is 0.462. The van der Waals surface area contributed by atoms with Gasteiger partial charge in [-0.3, -0.25) is 0 Å². The Morgan fingerprint density at radius 1 is 1.11 bits per heavy atom. The summed E-state index contributed by atoms with van der Waals surface area (Å²) in [6.45, 7) is 3.62. The van der Waals surface area contributed by atoms with Crippen molar-refractivity contribution in [2.24, 2.45) is 0 Å². The van der Waals surface area contributed by atoms with Gasteiger partial charge < -0.3 is 14.9 Å². The lowest BCUT2D eigenvalue weighted by Gasteiger charge is -2.07. The van der Waals surface area contributed by atoms with Crippen LogP contribution in [0.5, 0.6) is 0 Å². The molecule has 1 rings (SSSR count). The normalized spacial score (nSPS) is 14.8. The molecule has 0 aromatic heterocycles. The van der Waals surface area contributed by atoms with Gasteiger partial charge in [-0.1, -0.05) is 13.3 Å². The van der Waals surface area contributed by atoms with Gasteiger partial charge in [-0.2, -0.15) is 0 Å². The van der Waals surface area contributed by atoms with Crippen LogP contribution in [0.15, 0.2) is 22.3 Å². The predicted molar refractivity (Wildman–Crippen MR) is 65.5 cm³/mol. The molecule has 0 aromatic carbocycles. The van der Waals surface area contributed by atoms with E-state index >= 15 is 0 Å². The van der Waals surface area contributed by atoms with Crippen LogP contribution in [0.2, 0.25) is 0 Å². The van der Waals surface area contributed by atoms with E-state index in [1.807, 2.05) is 6.92 Å². The van der Waals surface area contributed by atoms with Crippen LogP contribution in [0.25, 0.3) is 0 Å². The largest absolute Gasteiger partial charge is 0.478 e. The second-order valence-electron chi connectivity index (χ2n) is 4.07. The number of esters is 1. The number of aliphatic carboxylic acids is 2. The lowest BCUT2D eigenvalue weighted by molar-refractivity contribution is -0.138. The smallest absolute Gasteiger partial charge is 0.336 e.